The highest BCUT2D eigenvalue weighted by molar-refractivity contribution is 5.95. The molecule has 1 aliphatic carbocycles. The van der Waals surface area contributed by atoms with Crippen molar-refractivity contribution in [2.75, 3.05) is 13.1 Å². The Balaban J connectivity index is 1.57. The number of carbonyl (C=O) groups is 1. The van der Waals surface area contributed by atoms with Crippen LogP contribution in [-0.2, 0) is 12.6 Å². The lowest BCUT2D eigenvalue weighted by atomic mass is 9.89. The number of rotatable bonds is 4. The van der Waals surface area contributed by atoms with Gasteiger partial charge in [0.2, 0.25) is 0 Å². The summed E-state index contributed by atoms with van der Waals surface area (Å²) >= 11 is 0. The third-order valence-corrected chi connectivity index (χ3v) is 5.45. The van der Waals surface area contributed by atoms with Gasteiger partial charge in [-0.05, 0) is 39.5 Å². The first-order chi connectivity index (χ1) is 12.4. The highest BCUT2D eigenvalue weighted by Gasteiger charge is 2.41. The van der Waals surface area contributed by atoms with Gasteiger partial charge in [0.1, 0.15) is 11.3 Å². The van der Waals surface area contributed by atoms with Crippen LogP contribution in [0, 0.1) is 0 Å². The van der Waals surface area contributed by atoms with E-state index in [4.69, 9.17) is 0 Å². The number of nitrogens with zero attached hydrogens (tertiary/aromatic N) is 6. The Morgan fingerprint density at radius 3 is 2.81 bits per heavy atom. The third kappa shape index (κ3) is 2.92. The summed E-state index contributed by atoms with van der Waals surface area (Å²) in [6, 6.07) is 0.178. The average molecular weight is 358 g/mol. The summed E-state index contributed by atoms with van der Waals surface area (Å²) in [7, 11) is 1.89. The van der Waals surface area contributed by atoms with Crippen molar-refractivity contribution in [3.8, 4) is 0 Å². The van der Waals surface area contributed by atoms with Crippen molar-refractivity contribution in [3.05, 3.63) is 29.3 Å². The molecule has 1 N–H and O–H groups in total. The van der Waals surface area contributed by atoms with Crippen LogP contribution in [0.3, 0.4) is 0 Å². The smallest absolute Gasteiger partial charge is 0.257 e. The van der Waals surface area contributed by atoms with E-state index in [1.807, 2.05) is 25.6 Å². The summed E-state index contributed by atoms with van der Waals surface area (Å²) in [5, 5.41) is 23.7. The Labute approximate surface area is 152 Å². The molecule has 140 valence electrons. The highest BCUT2D eigenvalue weighted by Crippen LogP contribution is 2.42. The van der Waals surface area contributed by atoms with E-state index in [0.29, 0.717) is 30.1 Å². The van der Waals surface area contributed by atoms with E-state index in [-0.39, 0.29) is 18.5 Å². The number of hydrogen-bond donors (Lipinski definition) is 1. The Kier molecular flexibility index (Phi) is 4.10. The van der Waals surface area contributed by atoms with Crippen molar-refractivity contribution < 1.29 is 9.90 Å². The predicted octanol–water partition coefficient (Wildman–Crippen LogP) is 1.59. The number of likely N-dealkylation sites (tertiary alicyclic amines) is 1. The molecule has 1 saturated heterocycles. The van der Waals surface area contributed by atoms with Crippen molar-refractivity contribution >= 4 is 5.91 Å². The zero-order chi connectivity index (χ0) is 18.5. The van der Waals surface area contributed by atoms with E-state index in [2.05, 4.69) is 15.4 Å². The number of carbonyl (C=O) groups excluding carboxylic acids is 1. The van der Waals surface area contributed by atoms with Crippen LogP contribution in [0.15, 0.2) is 12.4 Å². The van der Waals surface area contributed by atoms with Crippen LogP contribution >= 0.6 is 0 Å². The second-order valence-electron chi connectivity index (χ2n) is 7.88. The first-order valence-electron chi connectivity index (χ1n) is 9.35. The molecule has 0 spiro atoms. The second kappa shape index (κ2) is 6.19. The third-order valence-electron chi connectivity index (χ3n) is 5.45. The van der Waals surface area contributed by atoms with Gasteiger partial charge in [0.05, 0.1) is 30.2 Å². The molecular formula is C18H26N6O2. The molecule has 2 fully saturated rings. The lowest BCUT2D eigenvalue weighted by Gasteiger charge is -2.38. The first-order valence-corrected chi connectivity index (χ1v) is 9.35. The van der Waals surface area contributed by atoms with Gasteiger partial charge in [0.25, 0.3) is 5.91 Å². The minimum atomic E-state index is -1.15. The summed E-state index contributed by atoms with van der Waals surface area (Å²) in [6.07, 6.45) is 6.99. The zero-order valence-electron chi connectivity index (χ0n) is 15.6. The zero-order valence-corrected chi connectivity index (χ0v) is 15.6. The minimum Gasteiger partial charge on any atom is -0.382 e. The van der Waals surface area contributed by atoms with Gasteiger partial charge >= 0.3 is 0 Å². The molecule has 0 radical (unpaired) electrons. The van der Waals surface area contributed by atoms with Gasteiger partial charge in [-0.25, -0.2) is 4.68 Å². The molecule has 0 bridgehead atoms. The molecule has 8 nitrogen and oxygen atoms in total. The maximum absolute atomic E-state index is 13.1. The Morgan fingerprint density at radius 2 is 2.15 bits per heavy atom. The van der Waals surface area contributed by atoms with E-state index in [1.165, 1.54) is 0 Å². The molecule has 0 aromatic carbocycles. The summed E-state index contributed by atoms with van der Waals surface area (Å²) in [4.78, 5) is 14.9. The number of aromatic nitrogens is 5. The normalized spacial score (nSPS) is 23.7. The first kappa shape index (κ1) is 17.2. The van der Waals surface area contributed by atoms with Gasteiger partial charge in [-0.15, -0.1) is 5.10 Å². The molecule has 1 unspecified atom stereocenters. The number of β-amino-alcohol motifs (C(OH)–C–C–N with tert-alkyl or cyclic N) is 1. The molecule has 26 heavy (non-hydrogen) atoms. The van der Waals surface area contributed by atoms with Crippen LogP contribution in [0.5, 0.6) is 0 Å². The van der Waals surface area contributed by atoms with Gasteiger partial charge in [-0.2, -0.15) is 5.10 Å². The van der Waals surface area contributed by atoms with Gasteiger partial charge in [-0.3, -0.25) is 9.48 Å². The molecular weight excluding hydrogens is 332 g/mol. The predicted molar refractivity (Wildman–Crippen MR) is 94.6 cm³/mol. The summed E-state index contributed by atoms with van der Waals surface area (Å²) in [5.74, 6) is 0.394. The topological polar surface area (TPSA) is 89.1 Å². The van der Waals surface area contributed by atoms with Gasteiger partial charge < -0.3 is 10.0 Å². The van der Waals surface area contributed by atoms with Crippen molar-refractivity contribution in [2.45, 2.75) is 57.1 Å². The molecule has 2 aromatic rings. The SMILES string of the molecule is CC(C)n1cc(C2(O)CCCN(C(=O)c3cnn(C)c3C3CC3)C2)nn1. The fourth-order valence-electron chi connectivity index (χ4n) is 3.78. The van der Waals surface area contributed by atoms with Crippen LogP contribution in [0.4, 0.5) is 0 Å². The standard InChI is InChI=1S/C18H26N6O2/c1-12(2)24-10-15(20-21-24)18(26)7-4-8-23(11-18)17(25)14-9-19-22(3)16(14)13-5-6-13/h9-10,12-13,26H,4-8,11H2,1-3H3. The van der Waals surface area contributed by atoms with Crippen molar-refractivity contribution in [1.82, 2.24) is 29.7 Å². The average Bonchev–Trinajstić information content (AvgIpc) is 3.17. The van der Waals surface area contributed by atoms with Gasteiger partial charge in [0.15, 0.2) is 0 Å². The minimum absolute atomic E-state index is 0.0469. The summed E-state index contributed by atoms with van der Waals surface area (Å²) < 4.78 is 3.55. The van der Waals surface area contributed by atoms with E-state index < -0.39 is 5.60 Å². The van der Waals surface area contributed by atoms with E-state index in [0.717, 1.165) is 25.0 Å². The fourth-order valence-corrected chi connectivity index (χ4v) is 3.78. The molecule has 1 amide bonds. The molecule has 1 atom stereocenters. The number of aryl methyl sites for hydroxylation is 1. The lowest BCUT2D eigenvalue weighted by Crippen LogP contribution is -2.48. The molecule has 8 heteroatoms. The molecule has 2 aromatic heterocycles. The summed E-state index contributed by atoms with van der Waals surface area (Å²) in [6.45, 7) is 4.90. The lowest BCUT2D eigenvalue weighted by molar-refractivity contribution is -0.0321. The number of hydrogen-bond acceptors (Lipinski definition) is 5. The van der Waals surface area contributed by atoms with Crippen LogP contribution in [0.25, 0.3) is 0 Å². The van der Waals surface area contributed by atoms with Crippen LogP contribution < -0.4 is 0 Å². The molecule has 2 aliphatic rings. The van der Waals surface area contributed by atoms with Crippen molar-refractivity contribution in [2.24, 2.45) is 7.05 Å². The molecule has 4 rings (SSSR count). The Hall–Kier alpha value is -2.22. The fraction of sp³-hybridized carbons (Fsp3) is 0.667. The maximum atomic E-state index is 13.1. The number of amides is 1. The summed E-state index contributed by atoms with van der Waals surface area (Å²) in [5.41, 5.74) is 1.08. The maximum Gasteiger partial charge on any atom is 0.257 e. The van der Waals surface area contributed by atoms with Crippen molar-refractivity contribution in [3.63, 3.8) is 0 Å². The van der Waals surface area contributed by atoms with E-state index >= 15 is 0 Å². The Bertz CT molecular complexity index is 822. The highest BCUT2D eigenvalue weighted by atomic mass is 16.3. The van der Waals surface area contributed by atoms with Gasteiger partial charge in [0, 0.05) is 25.6 Å². The number of aliphatic hydroxyl groups is 1. The van der Waals surface area contributed by atoms with Crippen molar-refractivity contribution in [1.29, 1.82) is 0 Å². The quantitative estimate of drug-likeness (QED) is 0.897. The van der Waals surface area contributed by atoms with Crippen LogP contribution in [0.2, 0.25) is 0 Å². The second-order valence-corrected chi connectivity index (χ2v) is 7.88. The largest absolute Gasteiger partial charge is 0.382 e. The monoisotopic (exact) mass is 358 g/mol. The molecule has 1 saturated carbocycles. The van der Waals surface area contributed by atoms with Gasteiger partial charge in [-0.1, -0.05) is 5.21 Å². The van der Waals surface area contributed by atoms with E-state index in [1.54, 1.807) is 22.0 Å². The number of piperidine rings is 1. The molecule has 3 heterocycles. The Morgan fingerprint density at radius 1 is 1.38 bits per heavy atom. The molecule has 1 aliphatic heterocycles. The van der Waals surface area contributed by atoms with Crippen LogP contribution in [-0.4, -0.2) is 53.8 Å². The van der Waals surface area contributed by atoms with E-state index in [9.17, 15) is 9.90 Å². The van der Waals surface area contributed by atoms with Crippen LogP contribution in [0.1, 0.15) is 73.2 Å².